The van der Waals surface area contributed by atoms with Gasteiger partial charge in [-0.3, -0.25) is 0 Å². The smallest absolute Gasteiger partial charge is 0.426 e. The van der Waals surface area contributed by atoms with Gasteiger partial charge in [-0.15, -0.1) is 0 Å². The van der Waals surface area contributed by atoms with E-state index >= 15 is 0 Å². The first-order valence-corrected chi connectivity index (χ1v) is 11.2. The van der Waals surface area contributed by atoms with Gasteiger partial charge in [-0.25, -0.2) is 4.79 Å². The Balaban J connectivity index is 2.00. The number of carbonyl (C=O) groups excluding carboxylic acids is 1. The van der Waals surface area contributed by atoms with Crippen LogP contribution in [0.1, 0.15) is 88.5 Å². The van der Waals surface area contributed by atoms with Gasteiger partial charge in [-0.2, -0.15) is 0 Å². The zero-order valence-electron chi connectivity index (χ0n) is 18.3. The molecule has 0 bridgehead atoms. The molecule has 0 saturated carbocycles. The van der Waals surface area contributed by atoms with Crippen LogP contribution in [0, 0.1) is 0 Å². The maximum atomic E-state index is 12.6. The summed E-state index contributed by atoms with van der Waals surface area (Å²) in [6.45, 7) is 6.42. The third-order valence-corrected chi connectivity index (χ3v) is 5.39. The number of ether oxygens (including phenoxy) is 2. The van der Waals surface area contributed by atoms with Crippen molar-refractivity contribution >= 4 is 6.16 Å². The molecular formula is C26H36O3. The van der Waals surface area contributed by atoms with Crippen molar-refractivity contribution in [3.8, 4) is 5.75 Å². The van der Waals surface area contributed by atoms with Crippen LogP contribution in [-0.2, 0) is 17.6 Å². The SMILES string of the molecule is CCCCCCCCC(OC(=O)Oc1cccc(CC)c1CC)c1ccccc1. The van der Waals surface area contributed by atoms with Gasteiger partial charge in [0, 0.05) is 0 Å². The summed E-state index contributed by atoms with van der Waals surface area (Å²) >= 11 is 0. The predicted octanol–water partition coefficient (Wildman–Crippen LogP) is 7.82. The van der Waals surface area contributed by atoms with Gasteiger partial charge in [0.25, 0.3) is 0 Å². The first-order valence-electron chi connectivity index (χ1n) is 11.2. The monoisotopic (exact) mass is 396 g/mol. The highest BCUT2D eigenvalue weighted by molar-refractivity contribution is 5.65. The van der Waals surface area contributed by atoms with E-state index in [0.29, 0.717) is 5.75 Å². The molecule has 3 nitrogen and oxygen atoms in total. The number of unbranched alkanes of at least 4 members (excludes halogenated alkanes) is 5. The third kappa shape index (κ3) is 7.56. The van der Waals surface area contributed by atoms with Crippen molar-refractivity contribution in [1.29, 1.82) is 0 Å². The Morgan fingerprint density at radius 1 is 0.828 bits per heavy atom. The summed E-state index contributed by atoms with van der Waals surface area (Å²) in [7, 11) is 0. The Kier molecular flexibility index (Phi) is 10.3. The van der Waals surface area contributed by atoms with Gasteiger partial charge in [-0.1, -0.05) is 95.3 Å². The van der Waals surface area contributed by atoms with Crippen LogP contribution in [0.5, 0.6) is 5.75 Å². The predicted molar refractivity (Wildman–Crippen MR) is 119 cm³/mol. The van der Waals surface area contributed by atoms with E-state index in [1.807, 2.05) is 42.5 Å². The molecule has 3 heteroatoms. The summed E-state index contributed by atoms with van der Waals surface area (Å²) in [5.41, 5.74) is 3.32. The van der Waals surface area contributed by atoms with Crippen LogP contribution in [0.4, 0.5) is 4.79 Å². The van der Waals surface area contributed by atoms with Crippen LogP contribution < -0.4 is 4.74 Å². The molecule has 1 unspecified atom stereocenters. The van der Waals surface area contributed by atoms with Gasteiger partial charge in [0.15, 0.2) is 0 Å². The molecule has 1 atom stereocenters. The Morgan fingerprint density at radius 3 is 2.24 bits per heavy atom. The van der Waals surface area contributed by atoms with E-state index in [1.54, 1.807) is 0 Å². The summed E-state index contributed by atoms with van der Waals surface area (Å²) in [4.78, 5) is 12.6. The Morgan fingerprint density at radius 2 is 1.55 bits per heavy atom. The lowest BCUT2D eigenvalue weighted by Crippen LogP contribution is -2.16. The Labute approximate surface area is 176 Å². The molecule has 0 heterocycles. The maximum Gasteiger partial charge on any atom is 0.514 e. The number of benzene rings is 2. The van der Waals surface area contributed by atoms with Crippen LogP contribution in [0.2, 0.25) is 0 Å². The normalized spacial score (nSPS) is 11.8. The average molecular weight is 397 g/mol. The standard InChI is InChI=1S/C26H36O3/c1-4-7-8-9-10-14-19-24(22-16-12-11-13-17-22)28-26(27)29-25-20-15-18-21(5-2)23(25)6-3/h11-13,15-18,20,24H,4-10,14,19H2,1-3H3. The summed E-state index contributed by atoms with van der Waals surface area (Å²) < 4.78 is 11.4. The second-order valence-corrected chi connectivity index (χ2v) is 7.53. The molecule has 2 aromatic carbocycles. The van der Waals surface area contributed by atoms with Gasteiger partial charge in [0.1, 0.15) is 11.9 Å². The van der Waals surface area contributed by atoms with Crippen molar-refractivity contribution in [2.45, 2.75) is 84.7 Å². The van der Waals surface area contributed by atoms with Crippen LogP contribution in [0.3, 0.4) is 0 Å². The van der Waals surface area contributed by atoms with Crippen molar-refractivity contribution < 1.29 is 14.3 Å². The molecule has 158 valence electrons. The van der Waals surface area contributed by atoms with Gasteiger partial charge in [0.05, 0.1) is 0 Å². The molecule has 0 radical (unpaired) electrons. The Hall–Kier alpha value is -2.29. The molecule has 0 spiro atoms. The molecule has 0 N–H and O–H groups in total. The topological polar surface area (TPSA) is 35.5 Å². The summed E-state index contributed by atoms with van der Waals surface area (Å²) in [5.74, 6) is 0.614. The molecule has 29 heavy (non-hydrogen) atoms. The quantitative estimate of drug-likeness (QED) is 0.208. The van der Waals surface area contributed by atoms with E-state index in [-0.39, 0.29) is 6.10 Å². The third-order valence-electron chi connectivity index (χ3n) is 5.39. The minimum atomic E-state index is -0.618. The van der Waals surface area contributed by atoms with Gasteiger partial charge in [-0.05, 0) is 48.4 Å². The molecule has 0 saturated heterocycles. The van der Waals surface area contributed by atoms with Gasteiger partial charge < -0.3 is 9.47 Å². The maximum absolute atomic E-state index is 12.6. The molecule has 0 aliphatic heterocycles. The van der Waals surface area contributed by atoms with Crippen LogP contribution >= 0.6 is 0 Å². The lowest BCUT2D eigenvalue weighted by molar-refractivity contribution is 0.0525. The molecule has 0 aromatic heterocycles. The minimum absolute atomic E-state index is 0.269. The summed E-state index contributed by atoms with van der Waals surface area (Å²) in [6.07, 6.45) is 8.95. The van der Waals surface area contributed by atoms with Crippen molar-refractivity contribution in [3.05, 3.63) is 65.2 Å². The van der Waals surface area contributed by atoms with E-state index in [2.05, 4.69) is 26.8 Å². The van der Waals surface area contributed by atoms with Gasteiger partial charge in [0.2, 0.25) is 0 Å². The van der Waals surface area contributed by atoms with Crippen molar-refractivity contribution in [2.75, 3.05) is 0 Å². The summed E-state index contributed by atoms with van der Waals surface area (Å²) in [5, 5.41) is 0. The van der Waals surface area contributed by atoms with Crippen molar-refractivity contribution in [2.24, 2.45) is 0 Å². The molecule has 2 rings (SSSR count). The first kappa shape index (κ1) is 23.0. The number of hydrogen-bond acceptors (Lipinski definition) is 3. The van der Waals surface area contributed by atoms with Crippen LogP contribution in [0.25, 0.3) is 0 Å². The molecule has 2 aromatic rings. The van der Waals surface area contributed by atoms with E-state index in [1.165, 1.54) is 37.7 Å². The highest BCUT2D eigenvalue weighted by Crippen LogP contribution is 2.28. The fourth-order valence-corrected chi connectivity index (χ4v) is 3.74. The molecule has 0 aliphatic rings. The van der Waals surface area contributed by atoms with Crippen LogP contribution in [-0.4, -0.2) is 6.16 Å². The lowest BCUT2D eigenvalue weighted by Gasteiger charge is -2.19. The highest BCUT2D eigenvalue weighted by atomic mass is 16.7. The second kappa shape index (κ2) is 13.0. The molecular weight excluding hydrogens is 360 g/mol. The minimum Gasteiger partial charge on any atom is -0.426 e. The largest absolute Gasteiger partial charge is 0.514 e. The van der Waals surface area contributed by atoms with Crippen molar-refractivity contribution in [3.63, 3.8) is 0 Å². The fraction of sp³-hybridized carbons (Fsp3) is 0.500. The first-order chi connectivity index (χ1) is 14.2. The molecule has 0 aliphatic carbocycles. The number of carbonyl (C=O) groups is 1. The van der Waals surface area contributed by atoms with E-state index in [9.17, 15) is 4.79 Å². The van der Waals surface area contributed by atoms with E-state index in [0.717, 1.165) is 36.8 Å². The van der Waals surface area contributed by atoms with Crippen molar-refractivity contribution in [1.82, 2.24) is 0 Å². The number of aryl methyl sites for hydroxylation is 1. The number of rotatable bonds is 12. The average Bonchev–Trinajstić information content (AvgIpc) is 2.75. The van der Waals surface area contributed by atoms with Crippen LogP contribution in [0.15, 0.2) is 48.5 Å². The van der Waals surface area contributed by atoms with E-state index < -0.39 is 6.16 Å². The second-order valence-electron chi connectivity index (χ2n) is 7.53. The lowest BCUT2D eigenvalue weighted by atomic mass is 10.0. The zero-order valence-corrected chi connectivity index (χ0v) is 18.3. The molecule has 0 fully saturated rings. The highest BCUT2D eigenvalue weighted by Gasteiger charge is 2.19. The fourth-order valence-electron chi connectivity index (χ4n) is 3.74. The number of hydrogen-bond donors (Lipinski definition) is 0. The van der Waals surface area contributed by atoms with Gasteiger partial charge >= 0.3 is 6.16 Å². The molecule has 0 amide bonds. The Bertz CT molecular complexity index is 724. The summed E-state index contributed by atoms with van der Waals surface area (Å²) in [6, 6.07) is 15.9. The van der Waals surface area contributed by atoms with E-state index in [4.69, 9.17) is 9.47 Å². The zero-order chi connectivity index (χ0) is 20.9.